The number of allylic oxidation sites excluding steroid dienone is 8. The van der Waals surface area contributed by atoms with Crippen LogP contribution in [0.4, 0.5) is 0 Å². The van der Waals surface area contributed by atoms with Crippen LogP contribution in [0.1, 0.15) is 118 Å². The maximum atomic E-state index is 10.0. The van der Waals surface area contributed by atoms with E-state index in [1.807, 2.05) is 24.3 Å². The minimum atomic E-state index is -0.0911. The van der Waals surface area contributed by atoms with Crippen molar-refractivity contribution in [2.45, 2.75) is 118 Å². The predicted octanol–water partition coefficient (Wildman–Crippen LogP) is 8.63. The number of unbranched alkanes of at least 4 members (excludes halogenated alkanes) is 3. The molecule has 0 atom stereocenters. The first-order chi connectivity index (χ1) is 23.0. The minimum absolute atomic E-state index is 0.0764. The molecule has 250 valence electrons. The first kappa shape index (κ1) is 36.3. The molecule has 0 bridgehead atoms. The van der Waals surface area contributed by atoms with Crippen molar-refractivity contribution in [3.63, 3.8) is 0 Å². The largest absolute Gasteiger partial charge is 0.374 e. The average molecular weight is 643 g/mol. The lowest BCUT2D eigenvalue weighted by molar-refractivity contribution is 0.186. The van der Waals surface area contributed by atoms with Crippen LogP contribution in [0.5, 0.6) is 0 Å². The lowest BCUT2D eigenvalue weighted by Gasteiger charge is -2.42. The molecule has 8 nitrogen and oxygen atoms in total. The fourth-order valence-corrected chi connectivity index (χ4v) is 8.44. The van der Waals surface area contributed by atoms with Crippen LogP contribution in [-0.2, 0) is 0 Å². The number of likely N-dealkylation sites (tertiary alicyclic amines) is 2. The van der Waals surface area contributed by atoms with E-state index in [1.165, 1.54) is 38.5 Å². The topological polar surface area (TPSA) is 149 Å². The van der Waals surface area contributed by atoms with E-state index in [-0.39, 0.29) is 22.0 Å². The number of hydrogen-bond acceptors (Lipinski definition) is 8. The van der Waals surface area contributed by atoms with Gasteiger partial charge in [-0.05, 0) is 74.0 Å². The van der Waals surface area contributed by atoms with Crippen molar-refractivity contribution >= 4 is 0 Å². The van der Waals surface area contributed by atoms with Crippen LogP contribution >= 0.6 is 0 Å². The molecule has 8 heteroatoms. The van der Waals surface area contributed by atoms with Gasteiger partial charge in [0.25, 0.3) is 0 Å². The molecule has 0 amide bonds. The average Bonchev–Trinajstić information content (AvgIpc) is 3.07. The lowest BCUT2D eigenvalue weighted by Crippen LogP contribution is -2.37. The van der Waals surface area contributed by atoms with E-state index in [4.69, 9.17) is 0 Å². The lowest BCUT2D eigenvalue weighted by atomic mass is 9.72. The molecule has 2 aliphatic carbocycles. The SMILES string of the molecule is CC1(C)CC(=C(C#N)C#N)C(C#N)=C(N2CCC(CCCCCCC3CCN(C4=C(C#N)C(=C(C#N)C#N)CC(C)(C)C4)CC3)CC2)C1. The van der Waals surface area contributed by atoms with Gasteiger partial charge in [-0.3, -0.25) is 0 Å². The third-order valence-electron chi connectivity index (χ3n) is 11.0. The molecule has 2 fully saturated rings. The van der Waals surface area contributed by atoms with Gasteiger partial charge in [0.05, 0.1) is 11.1 Å². The Morgan fingerprint density at radius 1 is 0.542 bits per heavy atom. The molecule has 0 aromatic heterocycles. The molecule has 0 saturated carbocycles. The number of nitrogens with zero attached hydrogens (tertiary/aromatic N) is 8. The number of nitriles is 6. The van der Waals surface area contributed by atoms with Crippen molar-refractivity contribution in [2.75, 3.05) is 26.2 Å². The van der Waals surface area contributed by atoms with Crippen molar-refractivity contribution < 1.29 is 0 Å². The van der Waals surface area contributed by atoms with Gasteiger partial charge in [-0.15, -0.1) is 0 Å². The van der Waals surface area contributed by atoms with E-state index in [9.17, 15) is 31.6 Å². The predicted molar refractivity (Wildman–Crippen MR) is 184 cm³/mol. The van der Waals surface area contributed by atoms with E-state index < -0.39 is 0 Å². The van der Waals surface area contributed by atoms with E-state index in [0.29, 0.717) is 47.0 Å². The first-order valence-electron chi connectivity index (χ1n) is 17.8. The van der Waals surface area contributed by atoms with Gasteiger partial charge in [0.15, 0.2) is 0 Å². The molecule has 2 aliphatic heterocycles. The van der Waals surface area contributed by atoms with Crippen molar-refractivity contribution in [1.82, 2.24) is 9.80 Å². The van der Waals surface area contributed by atoms with Gasteiger partial charge in [-0.2, -0.15) is 31.6 Å². The number of rotatable bonds is 9. The zero-order chi connectivity index (χ0) is 34.9. The van der Waals surface area contributed by atoms with Crippen LogP contribution in [0.2, 0.25) is 0 Å². The van der Waals surface area contributed by atoms with Crippen molar-refractivity contribution in [1.29, 1.82) is 31.6 Å². The Balaban J connectivity index is 1.19. The Morgan fingerprint density at radius 3 is 1.17 bits per heavy atom. The molecular formula is C40H50N8. The smallest absolute Gasteiger partial charge is 0.134 e. The van der Waals surface area contributed by atoms with Gasteiger partial charge in [0, 0.05) is 48.7 Å². The summed E-state index contributed by atoms with van der Waals surface area (Å²) in [5, 5.41) is 58.1. The second kappa shape index (κ2) is 16.1. The van der Waals surface area contributed by atoms with Gasteiger partial charge in [0.1, 0.15) is 47.6 Å². The van der Waals surface area contributed by atoms with Crippen molar-refractivity contribution in [2.24, 2.45) is 22.7 Å². The standard InChI is InChI=1S/C40H50N8/c1-39(2)19-33(31(23-41)24-42)35(27-45)37(21-39)47-15-11-29(12-16-47)9-7-5-6-8-10-30-13-17-48(18-14-30)38-22-40(3,4)20-34(36(38)28-46)32(25-43)26-44/h29-30H,5-22H2,1-4H3. The highest BCUT2D eigenvalue weighted by Crippen LogP contribution is 2.46. The molecule has 0 spiro atoms. The van der Waals surface area contributed by atoms with Crippen LogP contribution in [0.15, 0.2) is 44.8 Å². The summed E-state index contributed by atoms with van der Waals surface area (Å²) in [5.41, 5.74) is 4.36. The van der Waals surface area contributed by atoms with E-state index in [2.05, 4.69) is 49.6 Å². The zero-order valence-electron chi connectivity index (χ0n) is 29.5. The molecule has 0 aromatic carbocycles. The van der Waals surface area contributed by atoms with Gasteiger partial charge in [-0.1, -0.05) is 66.2 Å². The highest BCUT2D eigenvalue weighted by Gasteiger charge is 2.37. The Hall–Kier alpha value is -4.50. The maximum Gasteiger partial charge on any atom is 0.134 e. The summed E-state index contributed by atoms with van der Waals surface area (Å²) in [6.45, 7) is 12.3. The molecule has 0 aromatic rings. The summed E-state index contributed by atoms with van der Waals surface area (Å²) in [4.78, 5) is 4.71. The number of hydrogen-bond donors (Lipinski definition) is 0. The molecule has 0 N–H and O–H groups in total. The fraction of sp³-hybridized carbons (Fsp3) is 0.650. The Kier molecular flexibility index (Phi) is 12.2. The molecular weight excluding hydrogens is 592 g/mol. The molecule has 4 aliphatic rings. The molecule has 48 heavy (non-hydrogen) atoms. The first-order valence-corrected chi connectivity index (χ1v) is 17.8. The van der Waals surface area contributed by atoms with Crippen LogP contribution in [0.3, 0.4) is 0 Å². The van der Waals surface area contributed by atoms with E-state index in [1.54, 1.807) is 0 Å². The minimum Gasteiger partial charge on any atom is -0.374 e. The highest BCUT2D eigenvalue weighted by molar-refractivity contribution is 5.58. The summed E-state index contributed by atoms with van der Waals surface area (Å²) >= 11 is 0. The zero-order valence-corrected chi connectivity index (χ0v) is 29.5. The molecule has 0 radical (unpaired) electrons. The summed E-state index contributed by atoms with van der Waals surface area (Å²) in [7, 11) is 0. The van der Waals surface area contributed by atoms with Gasteiger partial charge in [-0.25, -0.2) is 0 Å². The van der Waals surface area contributed by atoms with Crippen LogP contribution in [-0.4, -0.2) is 36.0 Å². The van der Waals surface area contributed by atoms with Crippen molar-refractivity contribution in [3.8, 4) is 36.4 Å². The highest BCUT2D eigenvalue weighted by atomic mass is 15.2. The monoisotopic (exact) mass is 642 g/mol. The van der Waals surface area contributed by atoms with Crippen LogP contribution in [0, 0.1) is 90.7 Å². The fourth-order valence-electron chi connectivity index (χ4n) is 8.44. The summed E-state index contributed by atoms with van der Waals surface area (Å²) < 4.78 is 0. The van der Waals surface area contributed by atoms with E-state index >= 15 is 0 Å². The second-order valence-electron chi connectivity index (χ2n) is 15.9. The Labute approximate surface area is 288 Å². The summed E-state index contributed by atoms with van der Waals surface area (Å²) in [5.74, 6) is 1.42. The Morgan fingerprint density at radius 2 is 0.875 bits per heavy atom. The molecule has 4 rings (SSSR count). The van der Waals surface area contributed by atoms with Gasteiger partial charge in [0.2, 0.25) is 0 Å². The third-order valence-corrected chi connectivity index (χ3v) is 11.0. The summed E-state index contributed by atoms with van der Waals surface area (Å²) in [6.07, 6.45) is 14.8. The number of piperidine rings is 2. The molecule has 2 saturated heterocycles. The van der Waals surface area contributed by atoms with Gasteiger partial charge < -0.3 is 9.80 Å². The quantitative estimate of drug-likeness (QED) is 0.179. The summed E-state index contributed by atoms with van der Waals surface area (Å²) in [6, 6.07) is 12.8. The second-order valence-corrected chi connectivity index (χ2v) is 15.9. The molecule has 0 unspecified atom stereocenters. The Bertz CT molecular complexity index is 1460. The van der Waals surface area contributed by atoms with Crippen LogP contribution in [0.25, 0.3) is 0 Å². The van der Waals surface area contributed by atoms with Crippen molar-refractivity contribution in [3.05, 3.63) is 44.8 Å². The van der Waals surface area contributed by atoms with Crippen LogP contribution < -0.4 is 0 Å². The van der Waals surface area contributed by atoms with Gasteiger partial charge >= 0.3 is 0 Å². The normalized spacial score (nSPS) is 21.4. The third kappa shape index (κ3) is 8.69. The maximum absolute atomic E-state index is 10.0. The van der Waals surface area contributed by atoms with E-state index in [0.717, 1.165) is 76.1 Å². The molecule has 2 heterocycles.